The van der Waals surface area contributed by atoms with E-state index in [1.165, 1.54) is 9.75 Å². The highest BCUT2D eigenvalue weighted by atomic mass is 35.5. The molecule has 14 heavy (non-hydrogen) atoms. The molecule has 0 aliphatic carbocycles. The number of aryl methyl sites for hydroxylation is 1. The lowest BCUT2D eigenvalue weighted by atomic mass is 10.2. The van der Waals surface area contributed by atoms with Crippen molar-refractivity contribution in [2.45, 2.75) is 19.9 Å². The first-order chi connectivity index (χ1) is 6.74. The van der Waals surface area contributed by atoms with Gasteiger partial charge in [0.2, 0.25) is 0 Å². The predicted octanol–water partition coefficient (Wildman–Crippen LogP) is 3.50. The highest BCUT2D eigenvalue weighted by Gasteiger charge is 2.04. The average molecular weight is 230 g/mol. The third kappa shape index (κ3) is 3.82. The lowest BCUT2D eigenvalue weighted by Crippen LogP contribution is -2.17. The van der Waals surface area contributed by atoms with Gasteiger partial charge < -0.3 is 5.32 Å². The number of allylic oxidation sites excluding steroid dienone is 1. The zero-order valence-corrected chi connectivity index (χ0v) is 10.2. The van der Waals surface area contributed by atoms with E-state index < -0.39 is 0 Å². The van der Waals surface area contributed by atoms with Gasteiger partial charge in [-0.15, -0.1) is 22.9 Å². The van der Waals surface area contributed by atoms with Crippen LogP contribution in [0.3, 0.4) is 0 Å². The van der Waals surface area contributed by atoms with Gasteiger partial charge in [0, 0.05) is 28.2 Å². The standard InChI is InChI=1S/C11H16ClNS/c1-9-5-6-11(14-9)10(2)13-8-4-3-7-12/h3-6,10,13H,7-8H2,1-2H3/b4-3+. The first kappa shape index (κ1) is 11.8. The topological polar surface area (TPSA) is 12.0 Å². The molecule has 3 heteroatoms. The minimum absolute atomic E-state index is 0.425. The SMILES string of the molecule is Cc1ccc(C(C)NC/C=C/CCl)s1. The molecule has 0 aromatic carbocycles. The zero-order chi connectivity index (χ0) is 10.4. The number of hydrogen-bond donors (Lipinski definition) is 1. The lowest BCUT2D eigenvalue weighted by Gasteiger charge is -2.09. The van der Waals surface area contributed by atoms with Crippen molar-refractivity contribution in [3.05, 3.63) is 34.0 Å². The summed E-state index contributed by atoms with van der Waals surface area (Å²) in [6, 6.07) is 4.77. The fourth-order valence-corrected chi connectivity index (χ4v) is 2.21. The molecule has 0 aliphatic heterocycles. The summed E-state index contributed by atoms with van der Waals surface area (Å²) in [4.78, 5) is 2.76. The maximum atomic E-state index is 5.52. The Morgan fingerprint density at radius 1 is 1.50 bits per heavy atom. The van der Waals surface area contributed by atoms with Crippen LogP contribution in [0.5, 0.6) is 0 Å². The molecule has 1 heterocycles. The van der Waals surface area contributed by atoms with E-state index in [2.05, 4.69) is 37.4 Å². The Kier molecular flexibility index (Phi) is 5.23. The van der Waals surface area contributed by atoms with Gasteiger partial charge >= 0.3 is 0 Å². The predicted molar refractivity (Wildman–Crippen MR) is 65.3 cm³/mol. The molecule has 1 aromatic rings. The fraction of sp³-hybridized carbons (Fsp3) is 0.455. The van der Waals surface area contributed by atoms with E-state index in [-0.39, 0.29) is 0 Å². The van der Waals surface area contributed by atoms with Crippen molar-refractivity contribution in [3.8, 4) is 0 Å². The Morgan fingerprint density at radius 2 is 2.29 bits per heavy atom. The molecule has 0 saturated heterocycles. The molecule has 78 valence electrons. The van der Waals surface area contributed by atoms with Crippen molar-refractivity contribution in [3.63, 3.8) is 0 Å². The first-order valence-electron chi connectivity index (χ1n) is 4.74. The number of nitrogens with one attached hydrogen (secondary N) is 1. The van der Waals surface area contributed by atoms with Crippen LogP contribution in [-0.4, -0.2) is 12.4 Å². The number of halogens is 1. The van der Waals surface area contributed by atoms with E-state index in [4.69, 9.17) is 11.6 Å². The summed E-state index contributed by atoms with van der Waals surface area (Å²) in [6.45, 7) is 5.19. The molecule has 0 fully saturated rings. The van der Waals surface area contributed by atoms with E-state index in [0.29, 0.717) is 11.9 Å². The van der Waals surface area contributed by atoms with Crippen LogP contribution in [0.4, 0.5) is 0 Å². The van der Waals surface area contributed by atoms with Gasteiger partial charge in [-0.3, -0.25) is 0 Å². The molecule has 0 radical (unpaired) electrons. The van der Waals surface area contributed by atoms with Crippen LogP contribution in [0.2, 0.25) is 0 Å². The second-order valence-electron chi connectivity index (χ2n) is 3.20. The van der Waals surface area contributed by atoms with Crippen molar-refractivity contribution in [1.82, 2.24) is 5.32 Å². The van der Waals surface area contributed by atoms with Crippen molar-refractivity contribution in [2.75, 3.05) is 12.4 Å². The number of thiophene rings is 1. The zero-order valence-electron chi connectivity index (χ0n) is 8.59. The summed E-state index contributed by atoms with van der Waals surface area (Å²) in [5, 5.41) is 3.41. The largest absolute Gasteiger partial charge is 0.306 e. The Bertz CT molecular complexity index is 293. The molecule has 0 saturated carbocycles. The van der Waals surface area contributed by atoms with Crippen LogP contribution in [0, 0.1) is 6.92 Å². The molecule has 0 spiro atoms. The van der Waals surface area contributed by atoms with Gasteiger partial charge in [-0.1, -0.05) is 12.2 Å². The molecule has 1 atom stereocenters. The Morgan fingerprint density at radius 3 is 2.86 bits per heavy atom. The Hall–Kier alpha value is -0.310. The maximum Gasteiger partial charge on any atom is 0.0404 e. The minimum atomic E-state index is 0.425. The maximum absolute atomic E-state index is 5.52. The smallest absolute Gasteiger partial charge is 0.0404 e. The molecule has 0 bridgehead atoms. The third-order valence-electron chi connectivity index (χ3n) is 1.99. The molecule has 1 unspecified atom stereocenters. The summed E-state index contributed by atoms with van der Waals surface area (Å²) in [6.07, 6.45) is 4.02. The molecule has 1 nitrogen and oxygen atoms in total. The highest BCUT2D eigenvalue weighted by Crippen LogP contribution is 2.21. The minimum Gasteiger partial charge on any atom is -0.306 e. The Balaban J connectivity index is 2.35. The third-order valence-corrected chi connectivity index (χ3v) is 3.35. The number of rotatable bonds is 5. The van der Waals surface area contributed by atoms with Crippen LogP contribution in [0.15, 0.2) is 24.3 Å². The molecule has 1 rings (SSSR count). The van der Waals surface area contributed by atoms with Gasteiger partial charge in [0.15, 0.2) is 0 Å². The van der Waals surface area contributed by atoms with Gasteiger partial charge in [-0.2, -0.15) is 0 Å². The van der Waals surface area contributed by atoms with Crippen LogP contribution in [0.1, 0.15) is 22.7 Å². The second-order valence-corrected chi connectivity index (χ2v) is 4.83. The van der Waals surface area contributed by atoms with Crippen molar-refractivity contribution >= 4 is 22.9 Å². The van der Waals surface area contributed by atoms with Crippen molar-refractivity contribution < 1.29 is 0 Å². The van der Waals surface area contributed by atoms with E-state index in [0.717, 1.165) is 6.54 Å². The summed E-state index contributed by atoms with van der Waals surface area (Å²) >= 11 is 7.37. The van der Waals surface area contributed by atoms with Crippen molar-refractivity contribution in [2.24, 2.45) is 0 Å². The first-order valence-corrected chi connectivity index (χ1v) is 6.10. The van der Waals surface area contributed by atoms with Gasteiger partial charge in [0.1, 0.15) is 0 Å². The van der Waals surface area contributed by atoms with E-state index in [1.54, 1.807) is 0 Å². The van der Waals surface area contributed by atoms with Gasteiger partial charge in [-0.05, 0) is 26.0 Å². The summed E-state index contributed by atoms with van der Waals surface area (Å²) in [7, 11) is 0. The average Bonchev–Trinajstić information content (AvgIpc) is 2.59. The van der Waals surface area contributed by atoms with Crippen LogP contribution < -0.4 is 5.32 Å². The fourth-order valence-electron chi connectivity index (χ4n) is 1.18. The lowest BCUT2D eigenvalue weighted by molar-refractivity contribution is 0.627. The molecule has 0 amide bonds. The van der Waals surface area contributed by atoms with Gasteiger partial charge in [0.05, 0.1) is 0 Å². The highest BCUT2D eigenvalue weighted by molar-refractivity contribution is 7.12. The quantitative estimate of drug-likeness (QED) is 0.602. The van der Waals surface area contributed by atoms with Crippen LogP contribution in [-0.2, 0) is 0 Å². The summed E-state index contributed by atoms with van der Waals surface area (Å²) in [5.74, 6) is 0.591. The van der Waals surface area contributed by atoms with Gasteiger partial charge in [-0.25, -0.2) is 0 Å². The van der Waals surface area contributed by atoms with Crippen molar-refractivity contribution in [1.29, 1.82) is 0 Å². The van der Waals surface area contributed by atoms with E-state index in [9.17, 15) is 0 Å². The number of alkyl halides is 1. The van der Waals surface area contributed by atoms with Crippen LogP contribution >= 0.6 is 22.9 Å². The van der Waals surface area contributed by atoms with E-state index in [1.807, 2.05) is 17.4 Å². The van der Waals surface area contributed by atoms with Crippen LogP contribution in [0.25, 0.3) is 0 Å². The summed E-state index contributed by atoms with van der Waals surface area (Å²) < 4.78 is 0. The number of hydrogen-bond acceptors (Lipinski definition) is 2. The molecule has 1 N–H and O–H groups in total. The van der Waals surface area contributed by atoms with E-state index >= 15 is 0 Å². The van der Waals surface area contributed by atoms with Gasteiger partial charge in [0.25, 0.3) is 0 Å². The molecule has 1 aromatic heterocycles. The Labute approximate surface area is 94.8 Å². The normalized spacial score (nSPS) is 13.6. The molecule has 0 aliphatic rings. The summed E-state index contributed by atoms with van der Waals surface area (Å²) in [5.41, 5.74) is 0. The molecular formula is C11H16ClNS. The molecular weight excluding hydrogens is 214 g/mol. The second kappa shape index (κ2) is 6.23. The monoisotopic (exact) mass is 229 g/mol.